The summed E-state index contributed by atoms with van der Waals surface area (Å²) in [5.74, 6) is -0.0468. The third-order valence-corrected chi connectivity index (χ3v) is 8.71. The van der Waals surface area contributed by atoms with Crippen molar-refractivity contribution in [1.82, 2.24) is 19.4 Å². The number of hydrogen-bond donors (Lipinski definition) is 1. The van der Waals surface area contributed by atoms with Gasteiger partial charge in [0, 0.05) is 26.2 Å². The number of carbonyl (C=O) groups excluding carboxylic acids is 2. The van der Waals surface area contributed by atoms with Crippen molar-refractivity contribution in [3.8, 4) is 6.07 Å². The molecule has 0 radical (unpaired) electrons. The summed E-state index contributed by atoms with van der Waals surface area (Å²) in [6.45, 7) is 3.59. The molecule has 3 amide bonds. The average Bonchev–Trinajstić information content (AvgIpc) is 3.01. The van der Waals surface area contributed by atoms with Gasteiger partial charge in [-0.1, -0.05) is 19.8 Å². The van der Waals surface area contributed by atoms with Gasteiger partial charge in [0.1, 0.15) is 5.54 Å². The van der Waals surface area contributed by atoms with E-state index in [9.17, 15) is 18.0 Å². The largest absolute Gasteiger partial charge is 0.326 e. The van der Waals surface area contributed by atoms with E-state index in [-0.39, 0.29) is 42.5 Å². The van der Waals surface area contributed by atoms with E-state index in [1.165, 1.54) is 33.5 Å². The molecule has 31 heavy (non-hydrogen) atoms. The molecule has 2 heterocycles. The van der Waals surface area contributed by atoms with E-state index in [1.54, 1.807) is 0 Å². The number of amides is 3. The second kappa shape index (κ2) is 8.22. The summed E-state index contributed by atoms with van der Waals surface area (Å²) in [5, 5.41) is 11.8. The maximum Gasteiger partial charge on any atom is 0.326 e. The SMILES string of the molecule is CC1CCCCC12NC(=O)N(CN1CCN(S(=O)(=O)c3ccc(C#N)cc3)CC1)C2=O. The molecule has 0 bridgehead atoms. The fourth-order valence-corrected chi connectivity index (χ4v) is 6.21. The third-order valence-electron chi connectivity index (χ3n) is 6.80. The molecule has 1 aromatic carbocycles. The monoisotopic (exact) mass is 445 g/mol. The molecule has 3 aliphatic rings. The molecule has 1 spiro atoms. The van der Waals surface area contributed by atoms with E-state index < -0.39 is 15.6 Å². The van der Waals surface area contributed by atoms with Crippen LogP contribution in [0.4, 0.5) is 4.79 Å². The Hall–Kier alpha value is -2.48. The topological polar surface area (TPSA) is 114 Å². The lowest BCUT2D eigenvalue weighted by atomic mass is 9.73. The molecule has 9 nitrogen and oxygen atoms in total. The highest BCUT2D eigenvalue weighted by molar-refractivity contribution is 7.89. The zero-order chi connectivity index (χ0) is 22.2. The average molecular weight is 446 g/mol. The molecule has 2 unspecified atom stereocenters. The summed E-state index contributed by atoms with van der Waals surface area (Å²) in [5.41, 5.74) is -0.377. The van der Waals surface area contributed by atoms with Gasteiger partial charge in [0.2, 0.25) is 10.0 Å². The van der Waals surface area contributed by atoms with Crippen LogP contribution in [-0.4, -0.2) is 72.8 Å². The van der Waals surface area contributed by atoms with E-state index in [0.29, 0.717) is 25.1 Å². The molecular weight excluding hydrogens is 418 g/mol. The molecule has 166 valence electrons. The van der Waals surface area contributed by atoms with Gasteiger partial charge in [0.05, 0.1) is 23.2 Å². The minimum atomic E-state index is -3.65. The van der Waals surface area contributed by atoms with E-state index in [4.69, 9.17) is 5.26 Å². The smallest absolute Gasteiger partial charge is 0.323 e. The van der Waals surface area contributed by atoms with Crippen LogP contribution in [0, 0.1) is 17.2 Å². The maximum absolute atomic E-state index is 13.1. The Kier molecular flexibility index (Phi) is 5.77. The van der Waals surface area contributed by atoms with Gasteiger partial charge < -0.3 is 5.32 Å². The first kappa shape index (κ1) is 21.7. The van der Waals surface area contributed by atoms with Crippen molar-refractivity contribution >= 4 is 22.0 Å². The van der Waals surface area contributed by atoms with E-state index >= 15 is 0 Å². The highest BCUT2D eigenvalue weighted by atomic mass is 32.2. The first-order valence-electron chi connectivity index (χ1n) is 10.6. The molecule has 10 heteroatoms. The molecule has 2 aliphatic heterocycles. The fourth-order valence-electron chi connectivity index (χ4n) is 4.79. The van der Waals surface area contributed by atoms with Gasteiger partial charge in [0.15, 0.2) is 0 Å². The zero-order valence-corrected chi connectivity index (χ0v) is 18.4. The van der Waals surface area contributed by atoms with Crippen molar-refractivity contribution in [3.05, 3.63) is 29.8 Å². The number of nitriles is 1. The van der Waals surface area contributed by atoms with Crippen molar-refractivity contribution in [2.24, 2.45) is 5.92 Å². The Morgan fingerprint density at radius 1 is 1.13 bits per heavy atom. The van der Waals surface area contributed by atoms with E-state index in [0.717, 1.165) is 19.3 Å². The molecular formula is C21H27N5O4S. The first-order chi connectivity index (χ1) is 14.8. The molecule has 1 aliphatic carbocycles. The second-order valence-corrected chi connectivity index (χ2v) is 10.5. The molecule has 1 N–H and O–H groups in total. The molecule has 3 fully saturated rings. The number of carbonyl (C=O) groups is 2. The van der Waals surface area contributed by atoms with Gasteiger partial charge in [-0.15, -0.1) is 0 Å². The van der Waals surface area contributed by atoms with Crippen molar-refractivity contribution in [3.63, 3.8) is 0 Å². The standard InChI is InChI=1S/C21H27N5O4S/c1-16-4-2-3-9-21(16)19(27)26(20(28)23-21)15-24-10-12-25(13-11-24)31(29,30)18-7-5-17(14-22)6-8-18/h5-8,16H,2-4,9-13,15H2,1H3,(H,23,28). The fraction of sp³-hybridized carbons (Fsp3) is 0.571. The van der Waals surface area contributed by atoms with Crippen LogP contribution in [0.15, 0.2) is 29.2 Å². The van der Waals surface area contributed by atoms with Crippen molar-refractivity contribution in [2.75, 3.05) is 32.8 Å². The number of rotatable bonds is 4. The number of nitrogens with zero attached hydrogens (tertiary/aromatic N) is 4. The molecule has 2 atom stereocenters. The predicted molar refractivity (Wildman–Crippen MR) is 112 cm³/mol. The summed E-state index contributed by atoms with van der Waals surface area (Å²) < 4.78 is 27.2. The van der Waals surface area contributed by atoms with Crippen molar-refractivity contribution in [2.45, 2.75) is 43.0 Å². The number of benzene rings is 1. The lowest BCUT2D eigenvalue weighted by molar-refractivity contribution is -0.135. The van der Waals surface area contributed by atoms with Gasteiger partial charge >= 0.3 is 6.03 Å². The quantitative estimate of drug-likeness (QED) is 0.700. The van der Waals surface area contributed by atoms with E-state index in [2.05, 4.69) is 5.32 Å². The van der Waals surface area contributed by atoms with E-state index in [1.807, 2.05) is 17.9 Å². The van der Waals surface area contributed by atoms with Crippen LogP contribution >= 0.6 is 0 Å². The Balaban J connectivity index is 1.38. The second-order valence-electron chi connectivity index (χ2n) is 8.58. The highest BCUT2D eigenvalue weighted by Crippen LogP contribution is 2.38. The van der Waals surface area contributed by atoms with Crippen LogP contribution in [0.25, 0.3) is 0 Å². The van der Waals surface area contributed by atoms with Crippen molar-refractivity contribution < 1.29 is 18.0 Å². The summed E-state index contributed by atoms with van der Waals surface area (Å²) in [7, 11) is -3.65. The highest BCUT2D eigenvalue weighted by Gasteiger charge is 2.55. The Morgan fingerprint density at radius 3 is 2.42 bits per heavy atom. The van der Waals surface area contributed by atoms with Gasteiger partial charge in [-0.3, -0.25) is 9.69 Å². The lowest BCUT2D eigenvalue weighted by Gasteiger charge is -2.38. The minimum absolute atomic E-state index is 0.108. The molecule has 1 saturated carbocycles. The van der Waals surface area contributed by atoms with Crippen LogP contribution in [0.5, 0.6) is 0 Å². The number of sulfonamides is 1. The number of nitrogens with one attached hydrogen (secondary N) is 1. The number of imide groups is 1. The van der Waals surface area contributed by atoms with Crippen LogP contribution < -0.4 is 5.32 Å². The number of piperazine rings is 1. The van der Waals surface area contributed by atoms with Gasteiger partial charge in [0.25, 0.3) is 5.91 Å². The van der Waals surface area contributed by atoms with Gasteiger partial charge in [-0.2, -0.15) is 9.57 Å². The minimum Gasteiger partial charge on any atom is -0.323 e. The lowest BCUT2D eigenvalue weighted by Crippen LogP contribution is -2.55. The van der Waals surface area contributed by atoms with Crippen LogP contribution in [-0.2, 0) is 14.8 Å². The Bertz CT molecular complexity index is 1010. The summed E-state index contributed by atoms with van der Waals surface area (Å²) in [6, 6.07) is 7.48. The van der Waals surface area contributed by atoms with Crippen molar-refractivity contribution in [1.29, 1.82) is 5.26 Å². The van der Waals surface area contributed by atoms with Gasteiger partial charge in [-0.25, -0.2) is 18.1 Å². The zero-order valence-electron chi connectivity index (χ0n) is 17.6. The summed E-state index contributed by atoms with van der Waals surface area (Å²) >= 11 is 0. The normalized spacial score (nSPS) is 28.0. The maximum atomic E-state index is 13.1. The van der Waals surface area contributed by atoms with Crippen LogP contribution in [0.3, 0.4) is 0 Å². The predicted octanol–water partition coefficient (Wildman–Crippen LogP) is 1.32. The van der Waals surface area contributed by atoms with Gasteiger partial charge in [-0.05, 0) is 43.0 Å². The summed E-state index contributed by atoms with van der Waals surface area (Å²) in [4.78, 5) is 29.1. The first-order valence-corrected chi connectivity index (χ1v) is 12.1. The van der Waals surface area contributed by atoms with Crippen LogP contribution in [0.1, 0.15) is 38.2 Å². The Labute approximate surface area is 182 Å². The molecule has 0 aromatic heterocycles. The number of hydrogen-bond acceptors (Lipinski definition) is 6. The molecule has 2 saturated heterocycles. The Morgan fingerprint density at radius 2 is 1.81 bits per heavy atom. The molecule has 4 rings (SSSR count). The third kappa shape index (κ3) is 3.82. The van der Waals surface area contributed by atoms with Crippen LogP contribution in [0.2, 0.25) is 0 Å². The number of urea groups is 1. The molecule has 1 aromatic rings. The summed E-state index contributed by atoms with van der Waals surface area (Å²) in [6.07, 6.45) is 3.59.